The van der Waals surface area contributed by atoms with Crippen LogP contribution in [-0.2, 0) is 16.5 Å². The molecule has 4 nitrogen and oxygen atoms in total. The molecule has 0 aliphatic heterocycles. The summed E-state index contributed by atoms with van der Waals surface area (Å²) in [6.45, 7) is 3.85. The Hall–Kier alpha value is -2.91. The minimum Gasteiger partial charge on any atom is -0.282 e. The molecule has 0 fully saturated rings. The van der Waals surface area contributed by atoms with Gasteiger partial charge in [-0.1, -0.05) is 53.6 Å². The van der Waals surface area contributed by atoms with Gasteiger partial charge in [-0.05, 0) is 78.4 Å². The van der Waals surface area contributed by atoms with Crippen LogP contribution in [0.4, 0.5) is 0 Å². The molecule has 3 rings (SSSR count). The Morgan fingerprint density at radius 3 is 2.33 bits per heavy atom. The largest absolute Gasteiger partial charge is 0.294 e. The molecular weight excluding hydrogens is 418 g/mol. The van der Waals surface area contributed by atoms with E-state index in [0.29, 0.717) is 28.1 Å². The first-order chi connectivity index (χ1) is 14.2. The molecule has 3 aromatic rings. The zero-order chi connectivity index (χ0) is 21.9. The second-order valence-corrected chi connectivity index (χ2v) is 8.87. The molecule has 152 valence electrons. The number of halogens is 1. The monoisotopic (exact) mass is 437 g/mol. The van der Waals surface area contributed by atoms with E-state index < -0.39 is 10.1 Å². The van der Waals surface area contributed by atoms with Gasteiger partial charge in [0.25, 0.3) is 10.1 Å². The number of hydrogen-bond acceptors (Lipinski definition) is 3. The summed E-state index contributed by atoms with van der Waals surface area (Å²) in [6, 6.07) is 21.3. The molecule has 0 saturated heterocycles. The highest BCUT2D eigenvalue weighted by Crippen LogP contribution is 2.33. The van der Waals surface area contributed by atoms with E-state index in [4.69, 9.17) is 16.9 Å². The summed E-state index contributed by atoms with van der Waals surface area (Å²) in [6.07, 6.45) is 0.316. The lowest BCUT2D eigenvalue weighted by Crippen LogP contribution is -2.06. The van der Waals surface area contributed by atoms with Crippen LogP contribution in [0.3, 0.4) is 0 Å². The predicted molar refractivity (Wildman–Crippen MR) is 120 cm³/mol. The van der Waals surface area contributed by atoms with Crippen molar-refractivity contribution >= 4 is 27.3 Å². The highest BCUT2D eigenvalue weighted by atomic mass is 35.5. The fourth-order valence-electron chi connectivity index (χ4n) is 3.36. The summed E-state index contributed by atoms with van der Waals surface area (Å²) in [5, 5.41) is 9.73. The Labute approximate surface area is 181 Å². The maximum atomic E-state index is 12.1. The van der Waals surface area contributed by atoms with E-state index in [-0.39, 0.29) is 4.90 Å². The van der Waals surface area contributed by atoms with Gasteiger partial charge in [0.05, 0.1) is 16.5 Å². The van der Waals surface area contributed by atoms with Crippen molar-refractivity contribution in [1.29, 1.82) is 5.26 Å². The van der Waals surface area contributed by atoms with Crippen LogP contribution in [-0.4, -0.2) is 13.0 Å². The third-order valence-electron chi connectivity index (χ3n) is 5.07. The Kier molecular flexibility index (Phi) is 6.42. The third-order valence-corrected chi connectivity index (χ3v) is 6.26. The zero-order valence-electron chi connectivity index (χ0n) is 16.6. The zero-order valence-corrected chi connectivity index (χ0v) is 18.1. The molecule has 30 heavy (non-hydrogen) atoms. The minimum absolute atomic E-state index is 0.118. The smallest absolute Gasteiger partial charge is 0.282 e. The molecule has 0 aliphatic rings. The van der Waals surface area contributed by atoms with Gasteiger partial charge in [0, 0.05) is 5.02 Å². The van der Waals surface area contributed by atoms with Crippen molar-refractivity contribution in [2.75, 3.05) is 0 Å². The Morgan fingerprint density at radius 2 is 1.70 bits per heavy atom. The molecule has 0 amide bonds. The third kappa shape index (κ3) is 4.80. The van der Waals surface area contributed by atoms with Crippen molar-refractivity contribution < 1.29 is 13.0 Å². The second kappa shape index (κ2) is 8.85. The molecule has 0 heterocycles. The van der Waals surface area contributed by atoms with Crippen molar-refractivity contribution in [3.63, 3.8) is 0 Å². The number of allylic oxidation sites excluding steroid dienone is 2. The second-order valence-electron chi connectivity index (χ2n) is 7.04. The van der Waals surface area contributed by atoms with E-state index in [0.717, 1.165) is 22.3 Å². The first kappa shape index (κ1) is 21.8. The summed E-state index contributed by atoms with van der Waals surface area (Å²) >= 11 is 5.99. The number of hydrogen-bond donors (Lipinski definition) is 1. The van der Waals surface area contributed by atoms with Crippen molar-refractivity contribution in [3.05, 3.63) is 94.0 Å². The fourth-order valence-corrected chi connectivity index (χ4v) is 4.23. The lowest BCUT2D eigenvalue weighted by Gasteiger charge is -2.16. The van der Waals surface area contributed by atoms with Crippen molar-refractivity contribution in [2.24, 2.45) is 0 Å². The van der Waals surface area contributed by atoms with Crippen LogP contribution in [0, 0.1) is 11.3 Å². The lowest BCUT2D eigenvalue weighted by atomic mass is 9.92. The molecule has 0 aromatic heterocycles. The number of nitriles is 1. The number of benzene rings is 3. The minimum atomic E-state index is -4.41. The first-order valence-electron chi connectivity index (χ1n) is 9.23. The normalized spacial score (nSPS) is 12.2. The van der Waals surface area contributed by atoms with Crippen molar-refractivity contribution in [2.45, 2.75) is 25.2 Å². The molecule has 6 heteroatoms. The van der Waals surface area contributed by atoms with E-state index in [1.165, 1.54) is 6.07 Å². The van der Waals surface area contributed by atoms with E-state index in [1.807, 2.05) is 44.2 Å². The van der Waals surface area contributed by atoms with Crippen LogP contribution in [0.15, 0.2) is 77.2 Å². The van der Waals surface area contributed by atoms with Crippen molar-refractivity contribution in [3.8, 4) is 17.2 Å². The number of nitrogens with zero attached hydrogens (tertiary/aromatic N) is 1. The summed E-state index contributed by atoms with van der Waals surface area (Å²) in [5.41, 5.74) is 5.34. The quantitative estimate of drug-likeness (QED) is 0.484. The van der Waals surface area contributed by atoms with Gasteiger partial charge in [0.2, 0.25) is 0 Å². The molecule has 0 unspecified atom stereocenters. The highest BCUT2D eigenvalue weighted by Gasteiger charge is 2.20. The fraction of sp³-hybridized carbons (Fsp3) is 0.125. The molecular formula is C24H20ClNO3S. The highest BCUT2D eigenvalue weighted by molar-refractivity contribution is 7.85. The molecule has 3 aromatic carbocycles. The Bertz CT molecular complexity index is 1270. The number of rotatable bonds is 5. The Morgan fingerprint density at radius 1 is 1.03 bits per heavy atom. The van der Waals surface area contributed by atoms with Gasteiger partial charge in [-0.15, -0.1) is 0 Å². The standard InChI is InChI=1S/C24H20ClNO3S/c1-16(17(2)20-6-3-5-18(14-20)15-26)13-23-22(19-9-11-21(25)12-10-19)7-4-8-24(23)30(27,28)29/h3-12,14H,13H2,1-2H3,(H,27,28,29). The van der Waals surface area contributed by atoms with E-state index >= 15 is 0 Å². The molecule has 0 bridgehead atoms. The summed E-state index contributed by atoms with van der Waals surface area (Å²) in [7, 11) is -4.41. The Balaban J connectivity index is 2.16. The molecule has 0 radical (unpaired) electrons. The summed E-state index contributed by atoms with van der Waals surface area (Å²) in [5.74, 6) is 0. The lowest BCUT2D eigenvalue weighted by molar-refractivity contribution is 0.482. The van der Waals surface area contributed by atoms with E-state index in [1.54, 1.807) is 30.3 Å². The predicted octanol–water partition coefficient (Wildman–Crippen LogP) is 6.16. The maximum Gasteiger partial charge on any atom is 0.294 e. The molecule has 0 spiro atoms. The topological polar surface area (TPSA) is 78.2 Å². The van der Waals surface area contributed by atoms with Crippen molar-refractivity contribution in [1.82, 2.24) is 0 Å². The van der Waals surface area contributed by atoms with Crippen LogP contribution in [0.1, 0.15) is 30.5 Å². The van der Waals surface area contributed by atoms with Gasteiger partial charge >= 0.3 is 0 Å². The maximum absolute atomic E-state index is 12.1. The van der Waals surface area contributed by atoms with Gasteiger partial charge in [0.1, 0.15) is 0 Å². The first-order valence-corrected chi connectivity index (χ1v) is 11.0. The molecule has 0 atom stereocenters. The van der Waals surface area contributed by atoms with Gasteiger partial charge in [0.15, 0.2) is 0 Å². The van der Waals surface area contributed by atoms with Gasteiger partial charge < -0.3 is 0 Å². The van der Waals surface area contributed by atoms with Crippen LogP contribution in [0.25, 0.3) is 16.7 Å². The van der Waals surface area contributed by atoms with Crippen LogP contribution in [0.5, 0.6) is 0 Å². The molecule has 1 N–H and O–H groups in total. The van der Waals surface area contributed by atoms with Crippen LogP contribution < -0.4 is 0 Å². The average molecular weight is 438 g/mol. The summed E-state index contributed by atoms with van der Waals surface area (Å²) in [4.78, 5) is -0.118. The van der Waals surface area contributed by atoms with E-state index in [2.05, 4.69) is 6.07 Å². The molecule has 0 aliphatic carbocycles. The van der Waals surface area contributed by atoms with Gasteiger partial charge in [-0.2, -0.15) is 13.7 Å². The van der Waals surface area contributed by atoms with Crippen LogP contribution >= 0.6 is 11.6 Å². The van der Waals surface area contributed by atoms with Crippen LogP contribution in [0.2, 0.25) is 5.02 Å². The SMILES string of the molecule is CC(Cc1c(-c2ccc(Cl)cc2)cccc1S(=O)(=O)O)=C(C)c1cccc(C#N)c1. The van der Waals surface area contributed by atoms with Gasteiger partial charge in [-0.3, -0.25) is 4.55 Å². The molecule has 0 saturated carbocycles. The average Bonchev–Trinajstić information content (AvgIpc) is 2.73. The summed E-state index contributed by atoms with van der Waals surface area (Å²) < 4.78 is 34.0. The van der Waals surface area contributed by atoms with E-state index in [9.17, 15) is 13.0 Å². The van der Waals surface area contributed by atoms with Gasteiger partial charge in [-0.25, -0.2) is 0 Å².